The molecule has 0 bridgehead atoms. The van der Waals surface area contributed by atoms with Crippen molar-refractivity contribution in [2.45, 2.75) is 65.5 Å². The lowest BCUT2D eigenvalue weighted by Crippen LogP contribution is -2.50. The molecule has 2 aromatic carbocycles. The second-order valence-corrected chi connectivity index (χ2v) is 13.4. The molecule has 1 N–H and O–H groups in total. The molecule has 0 amide bonds. The van der Waals surface area contributed by atoms with E-state index < -0.39 is 21.4 Å². The second-order valence-electron chi connectivity index (χ2n) is 12.0. The van der Waals surface area contributed by atoms with Gasteiger partial charge in [0.1, 0.15) is 17.6 Å². The maximum Gasteiger partial charge on any atom is 0.212 e. The van der Waals surface area contributed by atoms with Crippen molar-refractivity contribution in [1.82, 2.24) is 4.58 Å². The van der Waals surface area contributed by atoms with Gasteiger partial charge in [0.05, 0.1) is 38.8 Å². The van der Waals surface area contributed by atoms with Gasteiger partial charge in [0, 0.05) is 50.6 Å². The van der Waals surface area contributed by atoms with Crippen molar-refractivity contribution in [3.05, 3.63) is 70.6 Å². The van der Waals surface area contributed by atoms with Crippen molar-refractivity contribution in [2.75, 3.05) is 23.7 Å². The SMILES string of the molecule is C=C(O)CCC[N+]1=c2cc3c(cc2C(CS(=O)(=O)[O-])=CC1(C)C)=Nc1cc2c(cc1O3)N(CC)C(C)(C)C=C2C. The standard InChI is InChI=1S/C31H37N3O5S/c1-8-33-26-14-28-24(12-22(26)19(2)16-30(33,4)5)32-25-13-23-21(18-40(36,37)38)17-31(6,7)34(11-9-10-20(3)35)27(23)15-29(25)39-28/h12-17H,3,8-11,18H2,1-2,4-7H3,(H-,35,36,37,38). The number of hydrogen-bond donors (Lipinski definition) is 1. The van der Waals surface area contributed by atoms with Gasteiger partial charge in [-0.25, -0.2) is 18.0 Å². The third-order valence-corrected chi connectivity index (χ3v) is 8.62. The summed E-state index contributed by atoms with van der Waals surface area (Å²) in [4.78, 5) is 7.28. The molecular weight excluding hydrogens is 526 g/mol. The van der Waals surface area contributed by atoms with Gasteiger partial charge in [-0.3, -0.25) is 0 Å². The summed E-state index contributed by atoms with van der Waals surface area (Å²) in [6.45, 7) is 17.6. The van der Waals surface area contributed by atoms with Crippen LogP contribution < -0.4 is 24.9 Å². The molecule has 0 unspecified atom stereocenters. The van der Waals surface area contributed by atoms with Gasteiger partial charge in [0.25, 0.3) is 0 Å². The van der Waals surface area contributed by atoms with E-state index >= 15 is 0 Å². The Morgan fingerprint density at radius 2 is 1.85 bits per heavy atom. The fourth-order valence-electron chi connectivity index (χ4n) is 6.35. The van der Waals surface area contributed by atoms with Crippen molar-refractivity contribution >= 4 is 32.6 Å². The minimum Gasteiger partial charge on any atom is -0.748 e. The van der Waals surface area contributed by atoms with Crippen LogP contribution in [0.25, 0.3) is 11.1 Å². The number of aliphatic hydroxyl groups excluding tert-OH is 1. The van der Waals surface area contributed by atoms with Crippen LogP contribution in [-0.4, -0.2) is 48.0 Å². The number of ether oxygens (including phenoxy) is 1. The summed E-state index contributed by atoms with van der Waals surface area (Å²) in [5.74, 6) is 0.730. The van der Waals surface area contributed by atoms with E-state index in [1.807, 2.05) is 38.1 Å². The number of benzene rings is 2. The zero-order valence-corrected chi connectivity index (χ0v) is 24.9. The van der Waals surface area contributed by atoms with Crippen molar-refractivity contribution in [3.8, 4) is 11.5 Å². The molecular formula is C31H37N3O5S. The molecule has 0 aromatic heterocycles. The predicted molar refractivity (Wildman–Crippen MR) is 158 cm³/mol. The van der Waals surface area contributed by atoms with E-state index in [4.69, 9.17) is 9.73 Å². The highest BCUT2D eigenvalue weighted by atomic mass is 32.2. The van der Waals surface area contributed by atoms with Gasteiger partial charge in [-0.2, -0.15) is 0 Å². The summed E-state index contributed by atoms with van der Waals surface area (Å²) in [6.07, 6.45) is 5.20. The number of rotatable bonds is 7. The van der Waals surface area contributed by atoms with Gasteiger partial charge in [0.15, 0.2) is 17.0 Å². The van der Waals surface area contributed by atoms with Crippen LogP contribution in [0.15, 0.2) is 53.7 Å². The van der Waals surface area contributed by atoms with Crippen LogP contribution in [0.3, 0.4) is 0 Å². The van der Waals surface area contributed by atoms with Gasteiger partial charge in [-0.05, 0) is 57.0 Å². The topological polar surface area (TPSA) is 105 Å². The molecule has 5 rings (SSSR count). The molecule has 2 aromatic rings. The summed E-state index contributed by atoms with van der Waals surface area (Å²) in [6, 6.07) is 7.82. The number of allylic oxidation sites excluding steroid dienone is 2. The zero-order chi connectivity index (χ0) is 29.2. The predicted octanol–water partition coefficient (Wildman–Crippen LogP) is 4.83. The Labute approximate surface area is 236 Å². The first-order valence-electron chi connectivity index (χ1n) is 13.6. The van der Waals surface area contributed by atoms with Crippen molar-refractivity contribution in [3.63, 3.8) is 0 Å². The van der Waals surface area contributed by atoms with Gasteiger partial charge >= 0.3 is 0 Å². The van der Waals surface area contributed by atoms with E-state index in [9.17, 15) is 18.1 Å². The average molecular weight is 564 g/mol. The van der Waals surface area contributed by atoms with Crippen LogP contribution in [0.4, 0.5) is 11.4 Å². The van der Waals surface area contributed by atoms with E-state index in [-0.39, 0.29) is 11.3 Å². The minimum atomic E-state index is -4.52. The smallest absolute Gasteiger partial charge is 0.212 e. The first kappa shape index (κ1) is 28.1. The molecule has 0 radical (unpaired) electrons. The molecule has 0 saturated heterocycles. The van der Waals surface area contributed by atoms with E-state index in [0.717, 1.165) is 23.2 Å². The Morgan fingerprint density at radius 3 is 2.50 bits per heavy atom. The molecule has 9 heteroatoms. The first-order chi connectivity index (χ1) is 18.6. The molecule has 0 atom stereocenters. The van der Waals surface area contributed by atoms with Crippen LogP contribution in [0, 0.1) is 0 Å². The van der Waals surface area contributed by atoms with Gasteiger partial charge in [0.2, 0.25) is 5.36 Å². The van der Waals surface area contributed by atoms with Crippen LogP contribution >= 0.6 is 0 Å². The fourth-order valence-corrected chi connectivity index (χ4v) is 6.97. The van der Waals surface area contributed by atoms with Crippen LogP contribution in [-0.2, 0) is 10.1 Å². The fraction of sp³-hybridized carbons (Fsp3) is 0.419. The van der Waals surface area contributed by atoms with Crippen molar-refractivity contribution in [1.29, 1.82) is 0 Å². The maximum atomic E-state index is 11.9. The van der Waals surface area contributed by atoms with Gasteiger partial charge < -0.3 is 19.3 Å². The number of hydrogen-bond acceptors (Lipinski definition) is 7. The number of nitrogens with zero attached hydrogens (tertiary/aromatic N) is 3. The Hall–Kier alpha value is -3.43. The molecule has 0 saturated carbocycles. The van der Waals surface area contributed by atoms with E-state index in [1.54, 1.807) is 0 Å². The third-order valence-electron chi connectivity index (χ3n) is 7.95. The molecule has 3 aliphatic rings. The van der Waals surface area contributed by atoms with Crippen LogP contribution in [0.2, 0.25) is 0 Å². The number of anilines is 1. The minimum absolute atomic E-state index is 0.116. The highest BCUT2D eigenvalue weighted by Crippen LogP contribution is 2.46. The lowest BCUT2D eigenvalue weighted by atomic mass is 9.88. The highest BCUT2D eigenvalue weighted by molar-refractivity contribution is 7.86. The van der Waals surface area contributed by atoms with E-state index in [1.165, 1.54) is 5.57 Å². The van der Waals surface area contributed by atoms with Gasteiger partial charge in [-0.1, -0.05) is 12.7 Å². The Kier molecular flexibility index (Phi) is 6.74. The molecule has 3 heterocycles. The summed E-state index contributed by atoms with van der Waals surface area (Å²) in [5.41, 5.74) is 4.44. The summed E-state index contributed by atoms with van der Waals surface area (Å²) < 4.78 is 44.2. The first-order valence-corrected chi connectivity index (χ1v) is 15.2. The van der Waals surface area contributed by atoms with E-state index in [0.29, 0.717) is 53.1 Å². The normalized spacial score (nSPS) is 18.3. The molecule has 40 heavy (non-hydrogen) atoms. The van der Waals surface area contributed by atoms with Crippen molar-refractivity contribution in [2.24, 2.45) is 4.99 Å². The second kappa shape index (κ2) is 9.59. The van der Waals surface area contributed by atoms with E-state index in [2.05, 4.69) is 55.9 Å². The number of likely N-dealkylation sites (N-methyl/N-ethyl adjacent to an activating group) is 1. The molecule has 0 fully saturated rings. The molecule has 3 aliphatic heterocycles. The van der Waals surface area contributed by atoms with Crippen LogP contribution in [0.1, 0.15) is 65.5 Å². The average Bonchev–Trinajstić information content (AvgIpc) is 2.81. The molecule has 8 nitrogen and oxygen atoms in total. The highest BCUT2D eigenvalue weighted by Gasteiger charge is 2.36. The van der Waals surface area contributed by atoms with Crippen molar-refractivity contribution < 1.29 is 22.8 Å². The monoisotopic (exact) mass is 563 g/mol. The zero-order valence-electron chi connectivity index (χ0n) is 24.0. The maximum absolute atomic E-state index is 11.9. The summed E-state index contributed by atoms with van der Waals surface area (Å²) in [7, 11) is -4.52. The Bertz CT molecular complexity index is 1730. The number of aliphatic hydroxyl groups is 1. The largest absolute Gasteiger partial charge is 0.748 e. The van der Waals surface area contributed by atoms with Crippen LogP contribution in [0.5, 0.6) is 11.5 Å². The Balaban J connectivity index is 1.71. The third kappa shape index (κ3) is 5.08. The lowest BCUT2D eigenvalue weighted by molar-refractivity contribution is 0.353. The molecule has 212 valence electrons. The molecule has 0 aliphatic carbocycles. The van der Waals surface area contributed by atoms with Gasteiger partial charge in [-0.15, -0.1) is 0 Å². The summed E-state index contributed by atoms with van der Waals surface area (Å²) in [5, 5.41) is 11.0. The lowest BCUT2D eigenvalue weighted by Gasteiger charge is -2.43. The summed E-state index contributed by atoms with van der Waals surface area (Å²) >= 11 is 0. The quantitative estimate of drug-likeness (QED) is 0.251. The number of fused-ring (bicyclic) bond motifs is 4. The molecule has 0 spiro atoms. The Morgan fingerprint density at radius 1 is 1.12 bits per heavy atom.